The van der Waals surface area contributed by atoms with Crippen molar-refractivity contribution in [2.75, 3.05) is 39.4 Å². The highest BCUT2D eigenvalue weighted by Gasteiger charge is 2.11. The molecule has 1 aliphatic rings. The molecule has 18 heavy (non-hydrogen) atoms. The molecule has 5 heteroatoms. The van der Waals surface area contributed by atoms with E-state index in [9.17, 15) is 0 Å². The van der Waals surface area contributed by atoms with Crippen LogP contribution in [0.15, 0.2) is 12.4 Å². The van der Waals surface area contributed by atoms with Gasteiger partial charge in [-0.25, -0.2) is 0 Å². The maximum atomic E-state index is 5.34. The minimum atomic E-state index is 0.382. The largest absolute Gasteiger partial charge is 0.379 e. The van der Waals surface area contributed by atoms with Crippen molar-refractivity contribution >= 4 is 0 Å². The first-order valence-corrected chi connectivity index (χ1v) is 6.85. The van der Waals surface area contributed by atoms with Crippen molar-refractivity contribution in [2.45, 2.75) is 26.4 Å². The van der Waals surface area contributed by atoms with Crippen LogP contribution < -0.4 is 5.32 Å². The lowest BCUT2D eigenvalue weighted by Gasteiger charge is -2.26. The van der Waals surface area contributed by atoms with Crippen LogP contribution in [0.5, 0.6) is 0 Å². The van der Waals surface area contributed by atoms with E-state index in [2.05, 4.69) is 35.4 Å². The van der Waals surface area contributed by atoms with Gasteiger partial charge in [0, 0.05) is 37.4 Å². The van der Waals surface area contributed by atoms with Crippen LogP contribution >= 0.6 is 0 Å². The van der Waals surface area contributed by atoms with E-state index in [0.717, 1.165) is 45.9 Å². The number of hydrogen-bond acceptors (Lipinski definition) is 4. The zero-order valence-corrected chi connectivity index (χ0v) is 11.4. The van der Waals surface area contributed by atoms with Gasteiger partial charge in [-0.15, -0.1) is 0 Å². The Kier molecular flexibility index (Phi) is 5.16. The van der Waals surface area contributed by atoms with Crippen LogP contribution in [0.25, 0.3) is 0 Å². The van der Waals surface area contributed by atoms with Crippen molar-refractivity contribution < 1.29 is 4.74 Å². The first kappa shape index (κ1) is 13.5. The molecule has 0 radical (unpaired) electrons. The van der Waals surface area contributed by atoms with Gasteiger partial charge in [-0.05, 0) is 13.5 Å². The van der Waals surface area contributed by atoms with E-state index in [-0.39, 0.29) is 0 Å². The van der Waals surface area contributed by atoms with Gasteiger partial charge in [-0.3, -0.25) is 9.58 Å². The Morgan fingerprint density at radius 2 is 2.17 bits per heavy atom. The topological polar surface area (TPSA) is 42.3 Å². The van der Waals surface area contributed by atoms with Gasteiger partial charge in [0.2, 0.25) is 0 Å². The Bertz CT molecular complexity index is 347. The highest BCUT2D eigenvalue weighted by Crippen LogP contribution is 2.10. The van der Waals surface area contributed by atoms with Gasteiger partial charge in [0.1, 0.15) is 0 Å². The van der Waals surface area contributed by atoms with Gasteiger partial charge in [-0.2, -0.15) is 5.10 Å². The Labute approximate surface area is 109 Å². The lowest BCUT2D eigenvalue weighted by Crippen LogP contribution is -2.38. The van der Waals surface area contributed by atoms with E-state index in [1.807, 2.05) is 10.9 Å². The van der Waals surface area contributed by atoms with Crippen LogP contribution in [0.1, 0.15) is 25.5 Å². The third-order valence-electron chi connectivity index (χ3n) is 3.41. The number of aromatic nitrogens is 2. The smallest absolute Gasteiger partial charge is 0.0594 e. The molecule has 1 aromatic rings. The van der Waals surface area contributed by atoms with Gasteiger partial charge < -0.3 is 10.1 Å². The van der Waals surface area contributed by atoms with E-state index in [1.165, 1.54) is 5.56 Å². The molecule has 1 fully saturated rings. The predicted molar refractivity (Wildman–Crippen MR) is 71.6 cm³/mol. The van der Waals surface area contributed by atoms with Crippen LogP contribution in [-0.4, -0.2) is 54.1 Å². The Morgan fingerprint density at radius 3 is 2.89 bits per heavy atom. The average molecular weight is 252 g/mol. The van der Waals surface area contributed by atoms with Gasteiger partial charge >= 0.3 is 0 Å². The molecular weight excluding hydrogens is 228 g/mol. The van der Waals surface area contributed by atoms with Crippen molar-refractivity contribution in [2.24, 2.45) is 0 Å². The van der Waals surface area contributed by atoms with E-state index in [4.69, 9.17) is 4.74 Å². The molecule has 0 saturated carbocycles. The van der Waals surface area contributed by atoms with Crippen molar-refractivity contribution in [1.82, 2.24) is 20.0 Å². The van der Waals surface area contributed by atoms with E-state index >= 15 is 0 Å². The highest BCUT2D eigenvalue weighted by atomic mass is 16.5. The Morgan fingerprint density at radius 1 is 1.39 bits per heavy atom. The number of nitrogens with zero attached hydrogens (tertiary/aromatic N) is 3. The van der Waals surface area contributed by atoms with E-state index < -0.39 is 0 Å². The zero-order valence-electron chi connectivity index (χ0n) is 11.4. The molecule has 0 aromatic carbocycles. The molecule has 1 atom stereocenters. The molecular formula is C13H24N4O. The van der Waals surface area contributed by atoms with Gasteiger partial charge in [-0.1, -0.05) is 6.92 Å². The molecule has 2 heterocycles. The molecule has 1 unspecified atom stereocenters. The molecule has 2 rings (SSSR count). The number of hydrogen-bond donors (Lipinski definition) is 1. The fourth-order valence-corrected chi connectivity index (χ4v) is 2.22. The fourth-order valence-electron chi connectivity index (χ4n) is 2.22. The second-order valence-electron chi connectivity index (χ2n) is 4.77. The van der Waals surface area contributed by atoms with Gasteiger partial charge in [0.05, 0.1) is 26.0 Å². The second-order valence-corrected chi connectivity index (χ2v) is 4.77. The Hall–Kier alpha value is -0.910. The summed E-state index contributed by atoms with van der Waals surface area (Å²) in [6.45, 7) is 11.1. The van der Waals surface area contributed by atoms with Crippen LogP contribution in [-0.2, 0) is 11.3 Å². The molecule has 5 nitrogen and oxygen atoms in total. The molecule has 0 bridgehead atoms. The average Bonchev–Trinajstić information content (AvgIpc) is 2.87. The number of morpholine rings is 1. The monoisotopic (exact) mass is 252 g/mol. The van der Waals surface area contributed by atoms with Crippen LogP contribution in [0.2, 0.25) is 0 Å². The molecule has 0 spiro atoms. The first-order valence-electron chi connectivity index (χ1n) is 6.85. The zero-order chi connectivity index (χ0) is 12.8. The SMILES string of the molecule is CCNC(C)c1cnn(CCN2CCOCC2)c1. The molecule has 0 aliphatic carbocycles. The fraction of sp³-hybridized carbons (Fsp3) is 0.769. The predicted octanol–water partition coefficient (Wildman–Crippen LogP) is 0.886. The van der Waals surface area contributed by atoms with Crippen LogP contribution in [0.4, 0.5) is 0 Å². The summed E-state index contributed by atoms with van der Waals surface area (Å²) in [5, 5.41) is 7.82. The summed E-state index contributed by atoms with van der Waals surface area (Å²) in [7, 11) is 0. The van der Waals surface area contributed by atoms with Gasteiger partial charge in [0.15, 0.2) is 0 Å². The molecule has 0 amide bonds. The summed E-state index contributed by atoms with van der Waals surface area (Å²) >= 11 is 0. The summed E-state index contributed by atoms with van der Waals surface area (Å²) in [5.41, 5.74) is 1.26. The maximum absolute atomic E-state index is 5.34. The normalized spacial score (nSPS) is 19.0. The summed E-state index contributed by atoms with van der Waals surface area (Å²) in [4.78, 5) is 2.43. The summed E-state index contributed by atoms with van der Waals surface area (Å²) < 4.78 is 7.38. The van der Waals surface area contributed by atoms with Gasteiger partial charge in [0.25, 0.3) is 0 Å². The lowest BCUT2D eigenvalue weighted by atomic mass is 10.2. The molecule has 1 N–H and O–H groups in total. The standard InChI is InChI=1S/C13H24N4O/c1-3-14-12(2)13-10-15-17(11-13)5-4-16-6-8-18-9-7-16/h10-12,14H,3-9H2,1-2H3. The number of nitrogens with one attached hydrogen (secondary N) is 1. The quantitative estimate of drug-likeness (QED) is 0.816. The minimum Gasteiger partial charge on any atom is -0.379 e. The molecule has 1 aromatic heterocycles. The summed E-state index contributed by atoms with van der Waals surface area (Å²) in [5.74, 6) is 0. The summed E-state index contributed by atoms with van der Waals surface area (Å²) in [6, 6.07) is 0.382. The van der Waals surface area contributed by atoms with E-state index in [0.29, 0.717) is 6.04 Å². The second kappa shape index (κ2) is 6.87. The van der Waals surface area contributed by atoms with E-state index in [1.54, 1.807) is 0 Å². The van der Waals surface area contributed by atoms with Crippen molar-refractivity contribution in [3.8, 4) is 0 Å². The maximum Gasteiger partial charge on any atom is 0.0594 e. The van der Waals surface area contributed by atoms with Crippen molar-refractivity contribution in [3.05, 3.63) is 18.0 Å². The van der Waals surface area contributed by atoms with Crippen LogP contribution in [0, 0.1) is 0 Å². The number of rotatable bonds is 6. The third-order valence-corrected chi connectivity index (χ3v) is 3.41. The number of ether oxygens (including phenoxy) is 1. The first-order chi connectivity index (χ1) is 8.79. The Balaban J connectivity index is 1.79. The molecule has 1 saturated heterocycles. The third kappa shape index (κ3) is 3.80. The van der Waals surface area contributed by atoms with Crippen molar-refractivity contribution in [1.29, 1.82) is 0 Å². The molecule has 1 aliphatic heterocycles. The molecule has 102 valence electrons. The summed E-state index contributed by atoms with van der Waals surface area (Å²) in [6.07, 6.45) is 4.11. The van der Waals surface area contributed by atoms with Crippen molar-refractivity contribution in [3.63, 3.8) is 0 Å². The lowest BCUT2D eigenvalue weighted by molar-refractivity contribution is 0.0359. The minimum absolute atomic E-state index is 0.382. The highest BCUT2D eigenvalue weighted by molar-refractivity contribution is 5.09. The van der Waals surface area contributed by atoms with Crippen LogP contribution in [0.3, 0.4) is 0 Å².